The fraction of sp³-hybridized carbons (Fsp3) is 0.192. The van der Waals surface area contributed by atoms with Gasteiger partial charge in [-0.05, 0) is 41.8 Å². The van der Waals surface area contributed by atoms with Gasteiger partial charge in [0.05, 0.1) is 5.75 Å². The monoisotopic (exact) mass is 460 g/mol. The van der Waals surface area contributed by atoms with Crippen molar-refractivity contribution in [2.24, 2.45) is 7.05 Å². The molecule has 7 heteroatoms. The molecule has 0 aliphatic heterocycles. The molecule has 1 N–H and O–H groups in total. The van der Waals surface area contributed by atoms with Crippen LogP contribution in [0.15, 0.2) is 90.1 Å². The Balaban J connectivity index is 1.32. The molecule has 5 nitrogen and oxygen atoms in total. The Morgan fingerprint density at radius 2 is 1.55 bits per heavy atom. The fourth-order valence-corrected chi connectivity index (χ4v) is 4.47. The highest BCUT2D eigenvalue weighted by Crippen LogP contribution is 2.27. The average Bonchev–Trinajstić information content (AvgIpc) is 3.22. The zero-order chi connectivity index (χ0) is 23.0. The quantitative estimate of drug-likeness (QED) is 0.355. The molecular weight excluding hydrogens is 435 g/mol. The standard InChI is InChI=1S/C26H25FN4OS/c1-31-25(21-12-14-22(27)15-13-21)29-30-26(31)33-18-24(32)28-17-16-23(19-8-4-2-5-9-19)20-10-6-3-7-11-20/h2-15,23H,16-18H2,1H3,(H,28,32). The molecule has 0 radical (unpaired) electrons. The minimum absolute atomic E-state index is 0.0498. The second-order valence-electron chi connectivity index (χ2n) is 7.67. The molecule has 1 heterocycles. The van der Waals surface area contributed by atoms with Crippen LogP contribution in [0.25, 0.3) is 11.4 Å². The number of amides is 1. The van der Waals surface area contributed by atoms with E-state index in [1.54, 1.807) is 12.1 Å². The molecule has 33 heavy (non-hydrogen) atoms. The summed E-state index contributed by atoms with van der Waals surface area (Å²) in [5.74, 6) is 0.750. The predicted octanol–water partition coefficient (Wildman–Crippen LogP) is 5.05. The molecule has 0 fully saturated rings. The molecule has 0 spiro atoms. The first-order valence-electron chi connectivity index (χ1n) is 10.8. The molecule has 3 aromatic carbocycles. The maximum atomic E-state index is 13.2. The average molecular weight is 461 g/mol. The molecule has 0 atom stereocenters. The first-order valence-corrected chi connectivity index (χ1v) is 11.7. The third kappa shape index (κ3) is 5.87. The lowest BCUT2D eigenvalue weighted by molar-refractivity contribution is -0.118. The van der Waals surface area contributed by atoms with E-state index >= 15 is 0 Å². The largest absolute Gasteiger partial charge is 0.355 e. The number of halogens is 1. The van der Waals surface area contributed by atoms with E-state index in [2.05, 4.69) is 39.8 Å². The molecule has 0 aliphatic carbocycles. The van der Waals surface area contributed by atoms with Crippen molar-refractivity contribution in [1.82, 2.24) is 20.1 Å². The van der Waals surface area contributed by atoms with Crippen molar-refractivity contribution >= 4 is 17.7 Å². The number of aromatic nitrogens is 3. The number of nitrogens with one attached hydrogen (secondary N) is 1. The maximum Gasteiger partial charge on any atom is 0.230 e. The Morgan fingerprint density at radius 3 is 2.15 bits per heavy atom. The summed E-state index contributed by atoms with van der Waals surface area (Å²) in [7, 11) is 1.84. The topological polar surface area (TPSA) is 59.8 Å². The van der Waals surface area contributed by atoms with Crippen molar-refractivity contribution < 1.29 is 9.18 Å². The Hall–Kier alpha value is -3.45. The van der Waals surface area contributed by atoms with Crippen molar-refractivity contribution in [3.8, 4) is 11.4 Å². The van der Waals surface area contributed by atoms with Gasteiger partial charge in [0.1, 0.15) is 5.82 Å². The summed E-state index contributed by atoms with van der Waals surface area (Å²) in [6.07, 6.45) is 0.809. The van der Waals surface area contributed by atoms with E-state index < -0.39 is 0 Å². The van der Waals surface area contributed by atoms with Gasteiger partial charge in [-0.2, -0.15) is 0 Å². The van der Waals surface area contributed by atoms with Gasteiger partial charge in [0.25, 0.3) is 0 Å². The van der Waals surface area contributed by atoms with Crippen LogP contribution in [0, 0.1) is 5.82 Å². The summed E-state index contributed by atoms with van der Waals surface area (Å²) >= 11 is 1.33. The van der Waals surface area contributed by atoms with Crippen LogP contribution in [-0.2, 0) is 11.8 Å². The van der Waals surface area contributed by atoms with E-state index in [0.29, 0.717) is 17.5 Å². The van der Waals surface area contributed by atoms with Gasteiger partial charge in [-0.15, -0.1) is 10.2 Å². The zero-order valence-corrected chi connectivity index (χ0v) is 19.1. The van der Waals surface area contributed by atoms with Gasteiger partial charge in [-0.1, -0.05) is 72.4 Å². The van der Waals surface area contributed by atoms with E-state index in [1.165, 1.54) is 35.0 Å². The van der Waals surface area contributed by atoms with Crippen LogP contribution in [0.2, 0.25) is 0 Å². The van der Waals surface area contributed by atoms with Crippen molar-refractivity contribution in [3.63, 3.8) is 0 Å². The second-order valence-corrected chi connectivity index (χ2v) is 8.62. The number of carbonyl (C=O) groups excluding carboxylic acids is 1. The molecule has 4 rings (SSSR count). The van der Waals surface area contributed by atoms with E-state index in [4.69, 9.17) is 0 Å². The van der Waals surface area contributed by atoms with E-state index in [0.717, 1.165) is 12.0 Å². The zero-order valence-electron chi connectivity index (χ0n) is 18.3. The van der Waals surface area contributed by atoms with Gasteiger partial charge in [-0.3, -0.25) is 4.79 Å². The molecule has 0 saturated carbocycles. The summed E-state index contributed by atoms with van der Waals surface area (Å²) in [6.45, 7) is 0.577. The summed E-state index contributed by atoms with van der Waals surface area (Å²) in [5.41, 5.74) is 3.25. The van der Waals surface area contributed by atoms with Gasteiger partial charge < -0.3 is 9.88 Å². The first kappa shape index (κ1) is 22.7. The third-order valence-corrected chi connectivity index (χ3v) is 6.45. The molecule has 1 amide bonds. The normalized spacial score (nSPS) is 11.0. The van der Waals surface area contributed by atoms with Gasteiger partial charge in [-0.25, -0.2) is 4.39 Å². The number of hydrogen-bond acceptors (Lipinski definition) is 4. The minimum Gasteiger partial charge on any atom is -0.355 e. The molecule has 0 saturated heterocycles. The van der Waals surface area contributed by atoms with Crippen LogP contribution in [0.4, 0.5) is 4.39 Å². The summed E-state index contributed by atoms with van der Waals surface area (Å²) < 4.78 is 15.0. The van der Waals surface area contributed by atoms with Gasteiger partial charge in [0, 0.05) is 25.1 Å². The van der Waals surface area contributed by atoms with Crippen molar-refractivity contribution in [3.05, 3.63) is 102 Å². The third-order valence-electron chi connectivity index (χ3n) is 5.43. The lowest BCUT2D eigenvalue weighted by atomic mass is 9.88. The Kier molecular flexibility index (Phi) is 7.52. The van der Waals surface area contributed by atoms with Crippen molar-refractivity contribution in [2.45, 2.75) is 17.5 Å². The van der Waals surface area contributed by atoms with Crippen molar-refractivity contribution in [1.29, 1.82) is 0 Å². The number of benzene rings is 3. The Bertz CT molecular complexity index is 1140. The van der Waals surface area contributed by atoms with Gasteiger partial charge in [0.2, 0.25) is 5.91 Å². The fourth-order valence-electron chi connectivity index (χ4n) is 3.72. The molecule has 168 valence electrons. The molecule has 1 aromatic heterocycles. The molecule has 0 aliphatic rings. The summed E-state index contributed by atoms with van der Waals surface area (Å²) in [6, 6.07) is 26.8. The number of thioether (sulfide) groups is 1. The van der Waals surface area contributed by atoms with E-state index in [1.807, 2.05) is 48.0 Å². The highest BCUT2D eigenvalue weighted by Gasteiger charge is 2.16. The number of carbonyl (C=O) groups is 1. The number of rotatable bonds is 9. The lowest BCUT2D eigenvalue weighted by Gasteiger charge is -2.18. The lowest BCUT2D eigenvalue weighted by Crippen LogP contribution is -2.27. The van der Waals surface area contributed by atoms with Crippen LogP contribution < -0.4 is 5.32 Å². The molecule has 0 unspecified atom stereocenters. The van der Waals surface area contributed by atoms with Gasteiger partial charge >= 0.3 is 0 Å². The smallest absolute Gasteiger partial charge is 0.230 e. The SMILES string of the molecule is Cn1c(SCC(=O)NCCC(c2ccccc2)c2ccccc2)nnc1-c1ccc(F)cc1. The highest BCUT2D eigenvalue weighted by molar-refractivity contribution is 7.99. The minimum atomic E-state index is -0.297. The first-order chi connectivity index (χ1) is 16.1. The number of nitrogens with zero attached hydrogens (tertiary/aromatic N) is 3. The Morgan fingerprint density at radius 1 is 0.939 bits per heavy atom. The molecule has 0 bridgehead atoms. The van der Waals surface area contributed by atoms with E-state index in [9.17, 15) is 9.18 Å². The Labute approximate surface area is 197 Å². The summed E-state index contributed by atoms with van der Waals surface area (Å²) in [5, 5.41) is 12.0. The predicted molar refractivity (Wildman–Crippen MR) is 129 cm³/mol. The van der Waals surface area contributed by atoms with Crippen LogP contribution in [-0.4, -0.2) is 33.0 Å². The van der Waals surface area contributed by atoms with Crippen LogP contribution in [0.5, 0.6) is 0 Å². The number of hydrogen-bond donors (Lipinski definition) is 1. The summed E-state index contributed by atoms with van der Waals surface area (Å²) in [4.78, 5) is 12.5. The van der Waals surface area contributed by atoms with Crippen LogP contribution in [0.3, 0.4) is 0 Å². The second kappa shape index (κ2) is 10.9. The molecular formula is C26H25FN4OS. The maximum absolute atomic E-state index is 13.2. The van der Waals surface area contributed by atoms with E-state index in [-0.39, 0.29) is 23.4 Å². The van der Waals surface area contributed by atoms with Crippen LogP contribution >= 0.6 is 11.8 Å². The highest BCUT2D eigenvalue weighted by atomic mass is 32.2. The van der Waals surface area contributed by atoms with Crippen LogP contribution in [0.1, 0.15) is 23.5 Å². The van der Waals surface area contributed by atoms with Crippen molar-refractivity contribution in [2.75, 3.05) is 12.3 Å². The molecule has 4 aromatic rings. The van der Waals surface area contributed by atoms with Gasteiger partial charge in [0.15, 0.2) is 11.0 Å².